The van der Waals surface area contributed by atoms with E-state index in [9.17, 15) is 24.0 Å². The zero-order chi connectivity index (χ0) is 39.3. The van der Waals surface area contributed by atoms with Crippen molar-refractivity contribution in [2.24, 2.45) is 5.73 Å². The Hall–Kier alpha value is -5.09. The van der Waals surface area contributed by atoms with Crippen LogP contribution in [0.2, 0.25) is 0 Å². The van der Waals surface area contributed by atoms with Gasteiger partial charge in [-0.2, -0.15) is 15.3 Å². The van der Waals surface area contributed by atoms with Gasteiger partial charge in [0.2, 0.25) is 5.91 Å². The number of H-pyrrole nitrogens is 4. The highest BCUT2D eigenvalue weighted by Crippen LogP contribution is 2.22. The Balaban J connectivity index is 0.000000180. The third-order valence-corrected chi connectivity index (χ3v) is 9.53. The molecule has 22 heteroatoms. The fourth-order valence-electron chi connectivity index (χ4n) is 4.66. The van der Waals surface area contributed by atoms with Crippen molar-refractivity contribution < 1.29 is 14.3 Å². The number of hydrogen-bond donors (Lipinski definition) is 5. The van der Waals surface area contributed by atoms with Gasteiger partial charge in [-0.25, -0.2) is 24.0 Å². The first-order valence-corrected chi connectivity index (χ1v) is 18.4. The lowest BCUT2D eigenvalue weighted by molar-refractivity contribution is -0.139. The van der Waals surface area contributed by atoms with Crippen molar-refractivity contribution in [1.29, 1.82) is 0 Å². The number of amides is 1. The van der Waals surface area contributed by atoms with Crippen LogP contribution < -0.4 is 22.4 Å². The number of nitrogens with two attached hydrogens (primary N) is 1. The molecule has 6 heterocycles. The predicted octanol–water partition coefficient (Wildman–Crippen LogP) is 3.38. The zero-order valence-electron chi connectivity index (χ0n) is 30.4. The van der Waals surface area contributed by atoms with Gasteiger partial charge in [0.1, 0.15) is 27.1 Å². The summed E-state index contributed by atoms with van der Waals surface area (Å²) in [6, 6.07) is 0.385. The molecule has 6 N–H and O–H groups in total. The Morgan fingerprint density at radius 1 is 0.679 bits per heavy atom. The van der Waals surface area contributed by atoms with E-state index in [1.807, 2.05) is 41.5 Å². The molecule has 2 atom stereocenters. The molecule has 6 rings (SSSR count). The van der Waals surface area contributed by atoms with Crippen molar-refractivity contribution >= 4 is 80.7 Å². The molecule has 6 aromatic heterocycles. The molecule has 0 fully saturated rings. The SMILES string of the molecule is CC(C)n1ncc2c(=O)[nH]c(=S)[nH]c21.CC(Sc1nc2c(cnn2C(C)C)c(=O)[nH]1)C(N)=O.COC(=O)C(C)Sc1nc2c(cnn2C(C)C)c(=O)[nH]1. The number of methoxy groups -OCH3 is 1. The molecule has 0 saturated heterocycles. The molecule has 0 saturated carbocycles. The molecule has 0 aliphatic carbocycles. The van der Waals surface area contributed by atoms with Gasteiger partial charge < -0.3 is 25.4 Å². The lowest BCUT2D eigenvalue weighted by atomic mass is 10.4. The minimum absolute atomic E-state index is 0.0951. The highest BCUT2D eigenvalue weighted by molar-refractivity contribution is 8.00. The maximum absolute atomic E-state index is 12.0. The number of aromatic nitrogens is 12. The van der Waals surface area contributed by atoms with Crippen LogP contribution in [0.3, 0.4) is 0 Å². The maximum atomic E-state index is 12.0. The van der Waals surface area contributed by atoms with E-state index in [-0.39, 0.29) is 40.8 Å². The summed E-state index contributed by atoms with van der Waals surface area (Å²) in [5.41, 5.74) is 6.17. The van der Waals surface area contributed by atoms with Crippen LogP contribution in [0.15, 0.2) is 43.3 Å². The number of esters is 1. The first kappa shape index (κ1) is 40.7. The van der Waals surface area contributed by atoms with Crippen molar-refractivity contribution in [3.63, 3.8) is 0 Å². The second kappa shape index (κ2) is 17.2. The van der Waals surface area contributed by atoms with E-state index in [0.717, 1.165) is 23.5 Å². The second-order valence-electron chi connectivity index (χ2n) is 12.4. The average Bonchev–Trinajstić information content (AvgIpc) is 3.82. The number of hydrogen-bond acceptors (Lipinski definition) is 14. The van der Waals surface area contributed by atoms with Crippen molar-refractivity contribution in [3.05, 3.63) is 54.4 Å². The Morgan fingerprint density at radius 2 is 1.09 bits per heavy atom. The first-order valence-electron chi connectivity index (χ1n) is 16.3. The summed E-state index contributed by atoms with van der Waals surface area (Å²) in [6.45, 7) is 15.2. The van der Waals surface area contributed by atoms with Crippen LogP contribution in [-0.2, 0) is 14.3 Å². The highest BCUT2D eigenvalue weighted by Gasteiger charge is 2.19. The molecule has 0 aliphatic heterocycles. The lowest BCUT2D eigenvalue weighted by Crippen LogP contribution is -2.23. The third-order valence-electron chi connectivity index (χ3n) is 7.36. The molecular weight excluding hydrogens is 747 g/mol. The van der Waals surface area contributed by atoms with Crippen LogP contribution in [-0.4, -0.2) is 88.7 Å². The molecule has 2 unspecified atom stereocenters. The van der Waals surface area contributed by atoms with E-state index < -0.39 is 16.4 Å². The van der Waals surface area contributed by atoms with Gasteiger partial charge in [0.05, 0.1) is 31.0 Å². The molecule has 6 aromatic rings. The number of ether oxygens (including phenoxy) is 1. The van der Waals surface area contributed by atoms with Crippen LogP contribution in [0.25, 0.3) is 33.1 Å². The summed E-state index contributed by atoms with van der Waals surface area (Å²) >= 11 is 7.16. The molecule has 0 radical (unpaired) electrons. The fourth-order valence-corrected chi connectivity index (χ4v) is 6.41. The van der Waals surface area contributed by atoms with Gasteiger partial charge in [-0.3, -0.25) is 29.0 Å². The van der Waals surface area contributed by atoms with Crippen molar-refractivity contribution in [3.8, 4) is 0 Å². The lowest BCUT2D eigenvalue weighted by Gasteiger charge is -2.09. The molecule has 19 nitrogen and oxygen atoms in total. The predicted molar refractivity (Wildman–Crippen MR) is 205 cm³/mol. The number of aromatic amines is 4. The molecule has 0 aromatic carbocycles. The maximum Gasteiger partial charge on any atom is 0.318 e. The number of carbonyl (C=O) groups excluding carboxylic acids is 2. The van der Waals surface area contributed by atoms with Gasteiger partial charge >= 0.3 is 5.97 Å². The summed E-state index contributed by atoms with van der Waals surface area (Å²) < 4.78 is 10.1. The largest absolute Gasteiger partial charge is 0.468 e. The summed E-state index contributed by atoms with van der Waals surface area (Å²) in [5, 5.41) is 13.7. The van der Waals surface area contributed by atoms with E-state index in [1.54, 1.807) is 34.1 Å². The van der Waals surface area contributed by atoms with E-state index in [2.05, 4.69) is 49.9 Å². The van der Waals surface area contributed by atoms with Gasteiger partial charge in [0, 0.05) is 18.1 Å². The van der Waals surface area contributed by atoms with Gasteiger partial charge in [-0.05, 0) is 67.6 Å². The van der Waals surface area contributed by atoms with Crippen LogP contribution >= 0.6 is 35.7 Å². The number of nitrogens with zero attached hydrogens (tertiary/aromatic N) is 8. The molecule has 284 valence electrons. The average molecular weight is 788 g/mol. The van der Waals surface area contributed by atoms with Gasteiger partial charge in [-0.1, -0.05) is 23.5 Å². The number of nitrogens with one attached hydrogen (secondary N) is 4. The summed E-state index contributed by atoms with van der Waals surface area (Å²) in [4.78, 5) is 77.2. The smallest absolute Gasteiger partial charge is 0.318 e. The quantitative estimate of drug-likeness (QED) is 0.0609. The highest BCUT2D eigenvalue weighted by atomic mass is 32.2. The van der Waals surface area contributed by atoms with E-state index in [0.29, 0.717) is 48.2 Å². The Labute approximate surface area is 314 Å². The second-order valence-corrected chi connectivity index (χ2v) is 15.4. The Morgan fingerprint density at radius 3 is 1.53 bits per heavy atom. The molecule has 53 heavy (non-hydrogen) atoms. The van der Waals surface area contributed by atoms with Crippen LogP contribution in [0.5, 0.6) is 0 Å². The number of carbonyl (C=O) groups is 2. The topological polar surface area (TPSA) is 263 Å². The van der Waals surface area contributed by atoms with Crippen LogP contribution in [0.1, 0.15) is 73.5 Å². The van der Waals surface area contributed by atoms with Gasteiger partial charge in [0.25, 0.3) is 16.7 Å². The third kappa shape index (κ3) is 9.48. The number of primary amides is 1. The zero-order valence-corrected chi connectivity index (χ0v) is 32.9. The minimum atomic E-state index is -0.462. The number of thioether (sulfide) groups is 2. The summed E-state index contributed by atoms with van der Waals surface area (Å²) in [6.07, 6.45) is 4.53. The molecular formula is C31H41N13O6S3. The number of rotatable bonds is 9. The van der Waals surface area contributed by atoms with Gasteiger partial charge in [-0.15, -0.1) is 0 Å². The van der Waals surface area contributed by atoms with E-state index in [4.69, 9.17) is 18.0 Å². The summed E-state index contributed by atoms with van der Waals surface area (Å²) in [7, 11) is 1.33. The molecule has 1 amide bonds. The molecule has 0 aliphatic rings. The van der Waals surface area contributed by atoms with E-state index in [1.165, 1.54) is 19.5 Å². The van der Waals surface area contributed by atoms with Crippen LogP contribution in [0, 0.1) is 4.77 Å². The minimum Gasteiger partial charge on any atom is -0.468 e. The standard InChI is InChI=1S/C12H16N4O3S.C11H15N5O2S.C8H10N4OS/c1-6(2)16-9-8(5-13-16)10(17)15-12(14-9)20-7(3)11(18)19-4;1-5(2)16-9-7(4-13-16)10(18)15-11(14-9)19-6(3)8(12)17;1-4(2)12-6-5(3-9-12)7(13)11-8(14)10-6/h5-7H,1-4H3,(H,14,15,17);4-6H,1-3H3,(H2,12,17)(H,14,15,18);3-4H,1-2H3,(H2,10,11,13,14). The van der Waals surface area contributed by atoms with Crippen molar-refractivity contribution in [1.82, 2.24) is 59.2 Å². The Bertz CT molecular complexity index is 2490. The fraction of sp³-hybridized carbons (Fsp3) is 0.452. The number of fused-ring (bicyclic) bond motifs is 3. The molecule has 0 spiro atoms. The Kier molecular flexibility index (Phi) is 13.2. The van der Waals surface area contributed by atoms with Crippen molar-refractivity contribution in [2.45, 2.75) is 94.3 Å². The monoisotopic (exact) mass is 787 g/mol. The normalized spacial score (nSPS) is 12.5. The van der Waals surface area contributed by atoms with Crippen LogP contribution in [0.4, 0.5) is 0 Å². The van der Waals surface area contributed by atoms with Gasteiger partial charge in [0.15, 0.2) is 26.4 Å². The van der Waals surface area contributed by atoms with E-state index >= 15 is 0 Å². The van der Waals surface area contributed by atoms with Crippen molar-refractivity contribution in [2.75, 3.05) is 7.11 Å². The summed E-state index contributed by atoms with van der Waals surface area (Å²) in [5.74, 6) is -0.819. The molecule has 0 bridgehead atoms. The first-order chi connectivity index (χ1) is 24.9.